The van der Waals surface area contributed by atoms with Gasteiger partial charge in [-0.3, -0.25) is 9.36 Å². The van der Waals surface area contributed by atoms with E-state index in [0.29, 0.717) is 17.9 Å². The van der Waals surface area contributed by atoms with Gasteiger partial charge in [-0.15, -0.1) is 11.3 Å². The standard InChI is InChI=1S/C24H25N3O3S/c1-14(2)30-17-7-5-15(6-8-17)11-27-13-25-20-18-9-16-12-29-24(3,4)10-19(16)26-22(18)31-21(20)23(27)28/h5-9,13-14H,10-12H2,1-4H3. The first-order chi connectivity index (χ1) is 14.8. The third-order valence-corrected chi connectivity index (χ3v) is 6.54. The van der Waals surface area contributed by atoms with Crippen LogP contribution in [0, 0.1) is 0 Å². The lowest BCUT2D eigenvalue weighted by Crippen LogP contribution is -2.32. The van der Waals surface area contributed by atoms with Crippen molar-refractivity contribution in [1.82, 2.24) is 14.5 Å². The molecule has 0 saturated heterocycles. The van der Waals surface area contributed by atoms with Gasteiger partial charge in [0, 0.05) is 17.4 Å². The maximum absolute atomic E-state index is 13.2. The van der Waals surface area contributed by atoms with Gasteiger partial charge in [-0.2, -0.15) is 0 Å². The number of pyridine rings is 1. The van der Waals surface area contributed by atoms with Gasteiger partial charge in [-0.1, -0.05) is 12.1 Å². The van der Waals surface area contributed by atoms with Gasteiger partial charge in [0.05, 0.1) is 42.4 Å². The molecule has 0 aliphatic carbocycles. The Kier molecular flexibility index (Phi) is 4.83. The summed E-state index contributed by atoms with van der Waals surface area (Å²) in [5, 5.41) is 0.932. The van der Waals surface area contributed by atoms with E-state index in [1.54, 1.807) is 10.9 Å². The Hall–Kier alpha value is -2.77. The fourth-order valence-electron chi connectivity index (χ4n) is 3.93. The van der Waals surface area contributed by atoms with E-state index in [2.05, 4.69) is 24.9 Å². The fourth-order valence-corrected chi connectivity index (χ4v) is 5.01. The summed E-state index contributed by atoms with van der Waals surface area (Å²) in [5.74, 6) is 0.825. The van der Waals surface area contributed by atoms with E-state index in [1.807, 2.05) is 38.1 Å². The maximum atomic E-state index is 13.2. The molecular formula is C24H25N3O3S. The van der Waals surface area contributed by atoms with E-state index >= 15 is 0 Å². The molecule has 4 heterocycles. The van der Waals surface area contributed by atoms with E-state index in [0.717, 1.165) is 44.7 Å². The predicted octanol–water partition coefficient (Wildman–Crippen LogP) is 4.69. The van der Waals surface area contributed by atoms with Crippen LogP contribution in [0.1, 0.15) is 44.5 Å². The number of hydrogen-bond acceptors (Lipinski definition) is 6. The van der Waals surface area contributed by atoms with Gasteiger partial charge in [0.1, 0.15) is 15.3 Å². The number of benzene rings is 1. The second kappa shape index (κ2) is 7.43. The minimum atomic E-state index is -0.217. The van der Waals surface area contributed by atoms with Gasteiger partial charge < -0.3 is 9.47 Å². The van der Waals surface area contributed by atoms with Crippen LogP contribution in [-0.4, -0.2) is 26.2 Å². The highest BCUT2D eigenvalue weighted by Crippen LogP contribution is 2.34. The average molecular weight is 436 g/mol. The van der Waals surface area contributed by atoms with E-state index in [-0.39, 0.29) is 17.3 Å². The fraction of sp³-hybridized carbons (Fsp3) is 0.375. The maximum Gasteiger partial charge on any atom is 0.271 e. The monoisotopic (exact) mass is 435 g/mol. The molecule has 0 radical (unpaired) electrons. The summed E-state index contributed by atoms with van der Waals surface area (Å²) >= 11 is 1.43. The third-order valence-electron chi connectivity index (χ3n) is 5.47. The van der Waals surface area contributed by atoms with Crippen molar-refractivity contribution in [1.29, 1.82) is 0 Å². The van der Waals surface area contributed by atoms with Crippen molar-refractivity contribution in [3.05, 3.63) is 63.8 Å². The molecule has 4 aromatic rings. The first kappa shape index (κ1) is 20.2. The van der Waals surface area contributed by atoms with Crippen molar-refractivity contribution < 1.29 is 9.47 Å². The molecule has 1 aliphatic rings. The third kappa shape index (κ3) is 3.83. The molecule has 0 amide bonds. The molecule has 0 atom stereocenters. The molecule has 0 N–H and O–H groups in total. The molecule has 0 bridgehead atoms. The molecule has 1 aliphatic heterocycles. The Balaban J connectivity index is 1.51. The van der Waals surface area contributed by atoms with Crippen molar-refractivity contribution >= 4 is 31.8 Å². The Morgan fingerprint density at radius 1 is 1.26 bits per heavy atom. The normalized spacial score (nSPS) is 15.5. The summed E-state index contributed by atoms with van der Waals surface area (Å²) in [6, 6.07) is 9.93. The zero-order chi connectivity index (χ0) is 21.8. The number of fused-ring (bicyclic) bond motifs is 4. The van der Waals surface area contributed by atoms with Crippen LogP contribution in [0.3, 0.4) is 0 Å². The predicted molar refractivity (Wildman–Crippen MR) is 123 cm³/mol. The molecule has 31 heavy (non-hydrogen) atoms. The molecule has 160 valence electrons. The summed E-state index contributed by atoms with van der Waals surface area (Å²) in [5.41, 5.74) is 3.63. The average Bonchev–Trinajstić information content (AvgIpc) is 3.07. The van der Waals surface area contributed by atoms with Crippen LogP contribution in [0.25, 0.3) is 20.4 Å². The van der Waals surface area contributed by atoms with E-state index < -0.39 is 0 Å². The van der Waals surface area contributed by atoms with Crippen molar-refractivity contribution in [2.45, 2.75) is 59.0 Å². The zero-order valence-electron chi connectivity index (χ0n) is 18.1. The molecule has 6 nitrogen and oxygen atoms in total. The highest BCUT2D eigenvalue weighted by molar-refractivity contribution is 7.25. The molecule has 0 unspecified atom stereocenters. The Labute approximate surface area is 184 Å². The lowest BCUT2D eigenvalue weighted by atomic mass is 9.95. The summed E-state index contributed by atoms with van der Waals surface area (Å²) in [7, 11) is 0. The quantitative estimate of drug-likeness (QED) is 0.465. The van der Waals surface area contributed by atoms with Gasteiger partial charge in [0.2, 0.25) is 0 Å². The smallest absolute Gasteiger partial charge is 0.271 e. The van der Waals surface area contributed by atoms with Crippen LogP contribution in [0.15, 0.2) is 41.5 Å². The van der Waals surface area contributed by atoms with Crippen LogP contribution in [0.5, 0.6) is 5.75 Å². The molecule has 0 fully saturated rings. The largest absolute Gasteiger partial charge is 0.491 e. The van der Waals surface area contributed by atoms with E-state index in [1.165, 1.54) is 11.3 Å². The van der Waals surface area contributed by atoms with Crippen molar-refractivity contribution in [3.8, 4) is 5.75 Å². The Morgan fingerprint density at radius 3 is 2.77 bits per heavy atom. The first-order valence-electron chi connectivity index (χ1n) is 10.5. The van der Waals surface area contributed by atoms with Gasteiger partial charge in [0.15, 0.2) is 0 Å². The second-order valence-electron chi connectivity index (χ2n) is 8.94. The van der Waals surface area contributed by atoms with Crippen LogP contribution in [0.2, 0.25) is 0 Å². The Morgan fingerprint density at radius 2 is 2.03 bits per heavy atom. The molecule has 0 spiro atoms. The molecular weight excluding hydrogens is 410 g/mol. The highest BCUT2D eigenvalue weighted by atomic mass is 32.1. The SMILES string of the molecule is CC(C)Oc1ccc(Cn2cnc3c(sc4nc5c(cc43)COC(C)(C)C5)c2=O)cc1. The molecule has 1 aromatic carbocycles. The van der Waals surface area contributed by atoms with Gasteiger partial charge in [-0.05, 0) is 51.5 Å². The summed E-state index contributed by atoms with van der Waals surface area (Å²) in [6.45, 7) is 9.15. The Bertz CT molecular complexity index is 1340. The number of ether oxygens (including phenoxy) is 2. The van der Waals surface area contributed by atoms with E-state index in [4.69, 9.17) is 14.5 Å². The minimum Gasteiger partial charge on any atom is -0.491 e. The van der Waals surface area contributed by atoms with Gasteiger partial charge in [-0.25, -0.2) is 9.97 Å². The van der Waals surface area contributed by atoms with Crippen LogP contribution in [-0.2, 0) is 24.3 Å². The summed E-state index contributed by atoms with van der Waals surface area (Å²) < 4.78 is 13.9. The van der Waals surface area contributed by atoms with Crippen LogP contribution >= 0.6 is 11.3 Å². The number of hydrogen-bond donors (Lipinski definition) is 0. The number of thiophene rings is 1. The van der Waals surface area contributed by atoms with Gasteiger partial charge >= 0.3 is 0 Å². The summed E-state index contributed by atoms with van der Waals surface area (Å²) in [6.07, 6.45) is 2.53. The second-order valence-corrected chi connectivity index (χ2v) is 9.94. The summed E-state index contributed by atoms with van der Waals surface area (Å²) in [4.78, 5) is 23.6. The van der Waals surface area contributed by atoms with Crippen LogP contribution in [0.4, 0.5) is 0 Å². The zero-order valence-corrected chi connectivity index (χ0v) is 19.0. The molecule has 3 aromatic heterocycles. The molecule has 0 saturated carbocycles. The number of nitrogens with zero attached hydrogens (tertiary/aromatic N) is 3. The van der Waals surface area contributed by atoms with Crippen molar-refractivity contribution in [3.63, 3.8) is 0 Å². The lowest BCUT2D eigenvalue weighted by Gasteiger charge is -2.30. The number of aromatic nitrogens is 3. The highest BCUT2D eigenvalue weighted by Gasteiger charge is 2.28. The van der Waals surface area contributed by atoms with Crippen LogP contribution < -0.4 is 10.3 Å². The van der Waals surface area contributed by atoms with Gasteiger partial charge in [0.25, 0.3) is 5.56 Å². The molecule has 7 heteroatoms. The van der Waals surface area contributed by atoms with E-state index in [9.17, 15) is 4.79 Å². The van der Waals surface area contributed by atoms with Crippen molar-refractivity contribution in [2.24, 2.45) is 0 Å². The topological polar surface area (TPSA) is 66.2 Å². The number of rotatable bonds is 4. The van der Waals surface area contributed by atoms with Crippen molar-refractivity contribution in [2.75, 3.05) is 0 Å². The first-order valence-corrected chi connectivity index (χ1v) is 11.3. The minimum absolute atomic E-state index is 0.0370. The lowest BCUT2D eigenvalue weighted by molar-refractivity contribution is -0.0411. The molecule has 5 rings (SSSR count).